The Kier molecular flexibility index (Phi) is 3.76. The molecule has 0 saturated heterocycles. The number of pyridine rings is 2. The zero-order valence-corrected chi connectivity index (χ0v) is 12.5. The second-order valence-corrected chi connectivity index (χ2v) is 5.13. The summed E-state index contributed by atoms with van der Waals surface area (Å²) >= 11 is 0. The Hall–Kier alpha value is -3.21. The number of aromatic nitrogens is 2. The molecule has 0 aliphatic carbocycles. The Bertz CT molecular complexity index is 916. The van der Waals surface area contributed by atoms with E-state index in [0.29, 0.717) is 11.3 Å². The average molecular weight is 305 g/mol. The lowest BCUT2D eigenvalue weighted by Crippen LogP contribution is -2.26. The summed E-state index contributed by atoms with van der Waals surface area (Å²) in [7, 11) is 1.62. The van der Waals surface area contributed by atoms with Crippen molar-refractivity contribution in [3.05, 3.63) is 82.4 Å². The van der Waals surface area contributed by atoms with Gasteiger partial charge in [-0.25, -0.2) is 0 Å². The second-order valence-electron chi connectivity index (χ2n) is 5.13. The summed E-state index contributed by atoms with van der Waals surface area (Å²) in [5, 5.41) is 18.6. The Morgan fingerprint density at radius 2 is 1.78 bits per heavy atom. The van der Waals surface area contributed by atoms with Crippen molar-refractivity contribution in [2.24, 2.45) is 7.05 Å². The maximum atomic E-state index is 12.6. The zero-order valence-electron chi connectivity index (χ0n) is 12.5. The van der Waals surface area contributed by atoms with E-state index in [1.807, 2.05) is 6.07 Å². The molecule has 0 bridgehead atoms. The molecule has 114 valence electrons. The van der Waals surface area contributed by atoms with E-state index in [9.17, 15) is 9.90 Å². The van der Waals surface area contributed by atoms with Crippen LogP contribution in [0.2, 0.25) is 0 Å². The van der Waals surface area contributed by atoms with Gasteiger partial charge in [-0.3, -0.25) is 15.2 Å². The Balaban J connectivity index is 2.17. The molecule has 0 fully saturated rings. The normalized spacial score (nSPS) is 10.5. The topological polar surface area (TPSA) is 79.0 Å². The molecule has 0 amide bonds. The van der Waals surface area contributed by atoms with E-state index >= 15 is 0 Å². The summed E-state index contributed by atoms with van der Waals surface area (Å²) in [4.78, 5) is 16.6. The van der Waals surface area contributed by atoms with Crippen LogP contribution in [-0.4, -0.2) is 20.4 Å². The molecule has 3 rings (SSSR count). The minimum Gasteiger partial charge on any atom is -0.507 e. The minimum atomic E-state index is -0.411. The molecule has 5 nitrogen and oxygen atoms in total. The van der Waals surface area contributed by atoms with Crippen molar-refractivity contribution in [2.75, 3.05) is 0 Å². The molecule has 0 saturated carbocycles. The fourth-order valence-corrected chi connectivity index (χ4v) is 2.47. The molecule has 23 heavy (non-hydrogen) atoms. The molecule has 0 spiro atoms. The average Bonchev–Trinajstić information content (AvgIpc) is 2.59. The van der Waals surface area contributed by atoms with Crippen LogP contribution in [-0.2, 0) is 7.05 Å². The van der Waals surface area contributed by atoms with E-state index in [1.165, 1.54) is 10.6 Å². The molecule has 2 N–H and O–H groups in total. The third-order valence-corrected chi connectivity index (χ3v) is 3.70. The van der Waals surface area contributed by atoms with Crippen LogP contribution in [0.4, 0.5) is 0 Å². The molecule has 0 atom stereocenters. The van der Waals surface area contributed by atoms with Gasteiger partial charge in [0, 0.05) is 36.6 Å². The molecule has 2 aromatic heterocycles. The van der Waals surface area contributed by atoms with Crippen molar-refractivity contribution >= 4 is 5.71 Å². The van der Waals surface area contributed by atoms with Crippen LogP contribution in [0.1, 0.15) is 11.1 Å². The maximum Gasteiger partial charge on any atom is 0.264 e. The van der Waals surface area contributed by atoms with Crippen molar-refractivity contribution in [2.45, 2.75) is 0 Å². The first-order valence-electron chi connectivity index (χ1n) is 7.07. The molecule has 0 unspecified atom stereocenters. The molecule has 0 aliphatic heterocycles. The monoisotopic (exact) mass is 305 g/mol. The van der Waals surface area contributed by atoms with E-state index in [2.05, 4.69) is 4.98 Å². The van der Waals surface area contributed by atoms with Crippen molar-refractivity contribution in [1.29, 1.82) is 5.41 Å². The van der Waals surface area contributed by atoms with Crippen LogP contribution in [0.15, 0.2) is 65.7 Å². The summed E-state index contributed by atoms with van der Waals surface area (Å²) in [5.41, 5.74) is 1.51. The fourth-order valence-electron chi connectivity index (χ4n) is 2.47. The number of aromatic hydroxyl groups is 1. The van der Waals surface area contributed by atoms with E-state index < -0.39 is 5.56 Å². The first-order valence-corrected chi connectivity index (χ1v) is 7.07. The summed E-state index contributed by atoms with van der Waals surface area (Å²) in [6.45, 7) is 0. The zero-order chi connectivity index (χ0) is 16.4. The van der Waals surface area contributed by atoms with Crippen molar-refractivity contribution < 1.29 is 5.11 Å². The molecule has 3 aromatic rings. The van der Waals surface area contributed by atoms with Crippen LogP contribution in [0.3, 0.4) is 0 Å². The van der Waals surface area contributed by atoms with Crippen LogP contribution < -0.4 is 5.56 Å². The molecular formula is C18H15N3O2. The van der Waals surface area contributed by atoms with Gasteiger partial charge in [-0.1, -0.05) is 30.3 Å². The Morgan fingerprint density at radius 1 is 1.13 bits per heavy atom. The predicted molar refractivity (Wildman–Crippen MR) is 89.0 cm³/mol. The number of nitrogens with zero attached hydrogens (tertiary/aromatic N) is 2. The third kappa shape index (κ3) is 2.64. The van der Waals surface area contributed by atoms with Crippen LogP contribution in [0, 0.1) is 5.41 Å². The van der Waals surface area contributed by atoms with Crippen LogP contribution >= 0.6 is 0 Å². The quantitative estimate of drug-likeness (QED) is 0.730. The van der Waals surface area contributed by atoms with Gasteiger partial charge < -0.3 is 9.67 Å². The van der Waals surface area contributed by atoms with Gasteiger partial charge in [-0.2, -0.15) is 0 Å². The maximum absolute atomic E-state index is 12.6. The van der Waals surface area contributed by atoms with Crippen LogP contribution in [0.25, 0.3) is 11.3 Å². The number of hydrogen-bond acceptors (Lipinski definition) is 4. The summed E-state index contributed by atoms with van der Waals surface area (Å²) in [6, 6.07) is 13.9. The predicted octanol–water partition coefficient (Wildman–Crippen LogP) is 2.57. The van der Waals surface area contributed by atoms with E-state index in [1.54, 1.807) is 55.8 Å². The minimum absolute atomic E-state index is 0.00324. The number of hydrogen-bond donors (Lipinski definition) is 2. The van der Waals surface area contributed by atoms with E-state index in [0.717, 1.165) is 5.56 Å². The molecule has 2 heterocycles. The van der Waals surface area contributed by atoms with Crippen LogP contribution in [0.5, 0.6) is 5.75 Å². The Morgan fingerprint density at radius 3 is 2.43 bits per heavy atom. The van der Waals surface area contributed by atoms with Gasteiger partial charge in [0.1, 0.15) is 11.3 Å². The van der Waals surface area contributed by atoms with Gasteiger partial charge in [0.25, 0.3) is 5.56 Å². The highest BCUT2D eigenvalue weighted by atomic mass is 16.3. The standard InChI is InChI=1S/C18H15N3O2/c1-21-14(12-7-9-20-10-8-12)11-15(22)16(18(21)23)17(19)13-5-3-2-4-6-13/h2-11,19,22H,1H3. The van der Waals surface area contributed by atoms with Crippen molar-refractivity contribution in [3.8, 4) is 17.0 Å². The summed E-state index contributed by atoms with van der Waals surface area (Å²) < 4.78 is 1.43. The highest BCUT2D eigenvalue weighted by molar-refractivity contribution is 6.12. The number of nitrogens with one attached hydrogen (secondary N) is 1. The van der Waals surface area contributed by atoms with Gasteiger partial charge in [0.15, 0.2) is 0 Å². The molecule has 0 aliphatic rings. The lowest BCUT2D eigenvalue weighted by Gasteiger charge is -2.13. The van der Waals surface area contributed by atoms with Crippen molar-refractivity contribution in [1.82, 2.24) is 9.55 Å². The van der Waals surface area contributed by atoms with E-state index in [4.69, 9.17) is 5.41 Å². The SMILES string of the molecule is Cn1c(-c2ccncc2)cc(O)c(C(=N)c2ccccc2)c1=O. The summed E-state index contributed by atoms with van der Waals surface area (Å²) in [5.74, 6) is -0.200. The van der Waals surface area contributed by atoms with Gasteiger partial charge >= 0.3 is 0 Å². The van der Waals surface area contributed by atoms with Gasteiger partial charge in [0.05, 0.1) is 11.4 Å². The molecular weight excluding hydrogens is 290 g/mol. The Labute approximate surface area is 133 Å². The highest BCUT2D eigenvalue weighted by Gasteiger charge is 2.18. The van der Waals surface area contributed by atoms with Gasteiger partial charge in [0.2, 0.25) is 0 Å². The number of rotatable bonds is 3. The lowest BCUT2D eigenvalue weighted by molar-refractivity contribution is 0.471. The van der Waals surface area contributed by atoms with Crippen molar-refractivity contribution in [3.63, 3.8) is 0 Å². The molecule has 5 heteroatoms. The fraction of sp³-hybridized carbons (Fsp3) is 0.0556. The van der Waals surface area contributed by atoms with E-state index in [-0.39, 0.29) is 17.0 Å². The highest BCUT2D eigenvalue weighted by Crippen LogP contribution is 2.24. The molecule has 0 radical (unpaired) electrons. The summed E-state index contributed by atoms with van der Waals surface area (Å²) in [6.07, 6.45) is 3.24. The van der Waals surface area contributed by atoms with Gasteiger partial charge in [-0.15, -0.1) is 0 Å². The second kappa shape index (κ2) is 5.88. The smallest absolute Gasteiger partial charge is 0.264 e. The first kappa shape index (κ1) is 14.7. The lowest BCUT2D eigenvalue weighted by atomic mass is 10.0. The molecule has 1 aromatic carbocycles. The number of benzene rings is 1. The third-order valence-electron chi connectivity index (χ3n) is 3.70. The van der Waals surface area contributed by atoms with Gasteiger partial charge in [-0.05, 0) is 12.1 Å². The largest absolute Gasteiger partial charge is 0.507 e. The first-order chi connectivity index (χ1) is 11.1.